The molecule has 0 amide bonds. The standard InChI is InChI=1S/C7H12NO3P/c1-3-5(2)6(7(9)10)8-4-12-11/h5-6,8H,3H2,1-2H3,(H,9,10)/t5-,6-/m0/s1. The van der Waals surface area contributed by atoms with Crippen LogP contribution in [0.15, 0.2) is 0 Å². The summed E-state index contributed by atoms with van der Waals surface area (Å²) < 4.78 is 9.97. The maximum absolute atomic E-state index is 10.6. The topological polar surface area (TPSA) is 66.4 Å². The van der Waals surface area contributed by atoms with Crippen LogP contribution in [0.25, 0.3) is 0 Å². The zero-order valence-electron chi connectivity index (χ0n) is 7.07. The van der Waals surface area contributed by atoms with Gasteiger partial charge in [0.05, 0.1) is 0 Å². The summed E-state index contributed by atoms with van der Waals surface area (Å²) >= 11 is 0. The molecule has 0 unspecified atom stereocenters. The van der Waals surface area contributed by atoms with Crippen LogP contribution in [-0.4, -0.2) is 17.1 Å². The van der Waals surface area contributed by atoms with Crippen LogP contribution in [0.1, 0.15) is 20.3 Å². The van der Waals surface area contributed by atoms with E-state index in [1.165, 1.54) is 0 Å². The van der Waals surface area contributed by atoms with Gasteiger partial charge in [0.2, 0.25) is 0 Å². The molecular formula is C7H12NO3P. The van der Waals surface area contributed by atoms with Crippen LogP contribution in [-0.2, 0) is 9.36 Å². The summed E-state index contributed by atoms with van der Waals surface area (Å²) in [6, 6.07) is -0.698. The van der Waals surface area contributed by atoms with Crippen molar-refractivity contribution in [1.82, 2.24) is 5.32 Å². The Morgan fingerprint density at radius 3 is 2.67 bits per heavy atom. The van der Waals surface area contributed by atoms with Crippen molar-refractivity contribution in [2.45, 2.75) is 26.3 Å². The van der Waals surface area contributed by atoms with Crippen molar-refractivity contribution in [3.63, 3.8) is 0 Å². The third-order valence-corrected chi connectivity index (χ3v) is 1.97. The van der Waals surface area contributed by atoms with E-state index in [4.69, 9.17) is 5.11 Å². The van der Waals surface area contributed by atoms with Gasteiger partial charge in [-0.2, -0.15) is 0 Å². The van der Waals surface area contributed by atoms with E-state index in [1.807, 2.05) is 13.8 Å². The summed E-state index contributed by atoms with van der Waals surface area (Å²) in [5, 5.41) is 11.1. The quantitative estimate of drug-likeness (QED) is 0.516. The van der Waals surface area contributed by atoms with E-state index in [0.717, 1.165) is 6.42 Å². The van der Waals surface area contributed by atoms with Gasteiger partial charge in [-0.3, -0.25) is 0 Å². The second-order valence-electron chi connectivity index (χ2n) is 2.55. The summed E-state index contributed by atoms with van der Waals surface area (Å²) in [7, 11) is -0.318. The molecule has 0 radical (unpaired) electrons. The van der Waals surface area contributed by atoms with Crippen molar-refractivity contribution >= 4 is 13.9 Å². The van der Waals surface area contributed by atoms with Crippen molar-refractivity contribution in [2.24, 2.45) is 5.92 Å². The van der Waals surface area contributed by atoms with Crippen LogP contribution in [0, 0.1) is 11.7 Å². The Morgan fingerprint density at radius 1 is 1.75 bits per heavy atom. The molecule has 0 aromatic rings. The molecule has 0 bridgehead atoms. The summed E-state index contributed by atoms with van der Waals surface area (Å²) in [6.45, 7) is 3.71. The molecule has 0 aliphatic rings. The van der Waals surface area contributed by atoms with Crippen LogP contribution < -0.4 is 5.32 Å². The number of carbonyl (C=O) groups is 1. The number of rotatable bonds is 4. The number of hydrogen-bond donors (Lipinski definition) is 2. The van der Waals surface area contributed by atoms with Crippen LogP contribution >= 0.6 is 7.92 Å². The first kappa shape index (κ1) is 11.4. The van der Waals surface area contributed by atoms with Crippen molar-refractivity contribution in [3.8, 4) is 5.75 Å². The SMILES string of the molecule is CC[C@H](C)[C@H](NC#P=O)C(=O)O. The molecule has 0 saturated carbocycles. The summed E-state index contributed by atoms with van der Waals surface area (Å²) in [5.74, 6) is 1.28. The van der Waals surface area contributed by atoms with E-state index in [0.29, 0.717) is 0 Å². The van der Waals surface area contributed by atoms with Gasteiger partial charge in [-0.25, -0.2) is 0 Å². The van der Waals surface area contributed by atoms with E-state index in [1.54, 1.807) is 0 Å². The third kappa shape index (κ3) is 3.72. The van der Waals surface area contributed by atoms with Gasteiger partial charge in [0.15, 0.2) is 0 Å². The monoisotopic (exact) mass is 189 g/mol. The molecule has 2 N–H and O–H groups in total. The molecule has 0 rings (SSSR count). The zero-order chi connectivity index (χ0) is 9.56. The molecule has 4 nitrogen and oxygen atoms in total. The Labute approximate surface area is 72.5 Å². The Kier molecular flexibility index (Phi) is 5.73. The first-order chi connectivity index (χ1) is 5.63. The van der Waals surface area contributed by atoms with Gasteiger partial charge in [-0.05, 0) is 0 Å². The predicted octanol–water partition coefficient (Wildman–Crippen LogP) is 1.28. The van der Waals surface area contributed by atoms with Gasteiger partial charge in [-0.1, -0.05) is 0 Å². The molecular weight excluding hydrogens is 177 g/mol. The van der Waals surface area contributed by atoms with Gasteiger partial charge in [0, 0.05) is 0 Å². The van der Waals surface area contributed by atoms with Crippen molar-refractivity contribution in [2.75, 3.05) is 0 Å². The third-order valence-electron chi connectivity index (χ3n) is 1.74. The normalized spacial score (nSPS) is 14.5. The van der Waals surface area contributed by atoms with Gasteiger partial charge >= 0.3 is 71.6 Å². The summed E-state index contributed by atoms with van der Waals surface area (Å²) in [6.07, 6.45) is 0.751. The fourth-order valence-electron chi connectivity index (χ4n) is 0.779. The molecule has 2 atom stereocenters. The molecule has 0 spiro atoms. The van der Waals surface area contributed by atoms with Crippen LogP contribution in [0.2, 0.25) is 0 Å². The first-order valence-electron chi connectivity index (χ1n) is 3.69. The first-order valence-corrected chi connectivity index (χ1v) is 4.50. The minimum absolute atomic E-state index is 0.00301. The molecule has 0 saturated heterocycles. The zero-order valence-corrected chi connectivity index (χ0v) is 7.97. The molecule has 0 fully saturated rings. The molecule has 68 valence electrons. The Hall–Kier alpha value is -0.560. The predicted molar refractivity (Wildman–Crippen MR) is 45.5 cm³/mol. The van der Waals surface area contributed by atoms with E-state index < -0.39 is 12.0 Å². The fourth-order valence-corrected chi connectivity index (χ4v) is 0.971. The maximum atomic E-state index is 10.6. The number of carboxylic acid groups (broad SMARTS) is 1. The van der Waals surface area contributed by atoms with Crippen molar-refractivity contribution in [1.29, 1.82) is 0 Å². The minimum atomic E-state index is -0.944. The second kappa shape index (κ2) is 6.01. The van der Waals surface area contributed by atoms with Crippen LogP contribution in [0.3, 0.4) is 0 Å². The average Bonchev–Trinajstić information content (AvgIpc) is 2.04. The molecule has 0 aromatic heterocycles. The van der Waals surface area contributed by atoms with Crippen LogP contribution in [0.4, 0.5) is 0 Å². The summed E-state index contributed by atoms with van der Waals surface area (Å²) in [4.78, 5) is 10.6. The van der Waals surface area contributed by atoms with Gasteiger partial charge in [-0.15, -0.1) is 0 Å². The Bertz CT molecular complexity index is 246. The van der Waals surface area contributed by atoms with E-state index in [9.17, 15) is 9.36 Å². The Morgan fingerprint density at radius 2 is 2.33 bits per heavy atom. The average molecular weight is 189 g/mol. The molecule has 0 aromatic carbocycles. The van der Waals surface area contributed by atoms with E-state index in [-0.39, 0.29) is 13.8 Å². The van der Waals surface area contributed by atoms with E-state index >= 15 is 0 Å². The number of hydrogen-bond acceptors (Lipinski definition) is 3. The number of aliphatic carboxylic acids is 1. The van der Waals surface area contributed by atoms with Gasteiger partial charge in [0.25, 0.3) is 0 Å². The van der Waals surface area contributed by atoms with Gasteiger partial charge in [0.1, 0.15) is 0 Å². The fraction of sp³-hybridized carbons (Fsp3) is 0.714. The van der Waals surface area contributed by atoms with Crippen molar-refractivity contribution in [3.05, 3.63) is 0 Å². The molecule has 0 aliphatic heterocycles. The van der Waals surface area contributed by atoms with Crippen molar-refractivity contribution < 1.29 is 14.5 Å². The molecule has 5 heteroatoms. The number of nitrogens with one attached hydrogen (secondary N) is 1. The van der Waals surface area contributed by atoms with Crippen LogP contribution in [0.5, 0.6) is 0 Å². The molecule has 0 heterocycles. The second-order valence-corrected chi connectivity index (χ2v) is 2.96. The van der Waals surface area contributed by atoms with E-state index in [2.05, 4.69) is 11.1 Å². The Balaban J connectivity index is 4.28. The van der Waals surface area contributed by atoms with Gasteiger partial charge < -0.3 is 0 Å². The molecule has 12 heavy (non-hydrogen) atoms. The summed E-state index contributed by atoms with van der Waals surface area (Å²) in [5.41, 5.74) is 0. The number of carboxylic acids is 1. The molecule has 0 aliphatic carbocycles.